The topological polar surface area (TPSA) is 83.7 Å². The molecule has 0 unspecified atom stereocenters. The van der Waals surface area contributed by atoms with Gasteiger partial charge < -0.3 is 4.90 Å². The molecule has 1 aliphatic heterocycles. The lowest BCUT2D eigenvalue weighted by atomic mass is 10.3. The van der Waals surface area contributed by atoms with E-state index in [2.05, 4.69) is 20.2 Å². The van der Waals surface area contributed by atoms with Crippen LogP contribution in [0, 0.1) is 0 Å². The summed E-state index contributed by atoms with van der Waals surface area (Å²) < 4.78 is 28.4. The Morgan fingerprint density at radius 3 is 2.42 bits per heavy atom. The highest BCUT2D eigenvalue weighted by Crippen LogP contribution is 2.19. The van der Waals surface area contributed by atoms with E-state index in [0.717, 1.165) is 5.82 Å². The third-order valence-electron chi connectivity index (χ3n) is 4.09. The standard InChI is InChI=1S/C15H16N6O2S/c22-24(23,13-4-2-1-3-5-13)20-10-8-19(9-11-20)15-7-6-14-17-16-12-21(14)18-15/h1-7,12H,8-11H2. The van der Waals surface area contributed by atoms with Crippen LogP contribution in [0.15, 0.2) is 53.7 Å². The fourth-order valence-corrected chi connectivity index (χ4v) is 4.23. The number of piperazine rings is 1. The Hall–Kier alpha value is -2.52. The van der Waals surface area contributed by atoms with E-state index in [0.29, 0.717) is 36.7 Å². The van der Waals surface area contributed by atoms with Crippen molar-refractivity contribution in [3.8, 4) is 0 Å². The Balaban J connectivity index is 1.50. The summed E-state index contributed by atoms with van der Waals surface area (Å²) in [6.07, 6.45) is 1.55. The maximum atomic E-state index is 12.6. The zero-order valence-electron chi connectivity index (χ0n) is 12.9. The van der Waals surface area contributed by atoms with Gasteiger partial charge in [-0.2, -0.15) is 8.82 Å². The third-order valence-corrected chi connectivity index (χ3v) is 6.00. The van der Waals surface area contributed by atoms with Gasteiger partial charge in [0, 0.05) is 26.2 Å². The third kappa shape index (κ3) is 2.61. The van der Waals surface area contributed by atoms with Crippen molar-refractivity contribution < 1.29 is 8.42 Å². The lowest BCUT2D eigenvalue weighted by Gasteiger charge is -2.34. The van der Waals surface area contributed by atoms with Crippen LogP contribution in [0.2, 0.25) is 0 Å². The number of fused-ring (bicyclic) bond motifs is 1. The molecule has 1 aliphatic rings. The van der Waals surface area contributed by atoms with Crippen molar-refractivity contribution in [2.24, 2.45) is 0 Å². The summed E-state index contributed by atoms with van der Waals surface area (Å²) in [4.78, 5) is 2.40. The second-order valence-electron chi connectivity index (χ2n) is 5.53. The highest BCUT2D eigenvalue weighted by molar-refractivity contribution is 7.89. The van der Waals surface area contributed by atoms with Crippen molar-refractivity contribution in [1.29, 1.82) is 0 Å². The van der Waals surface area contributed by atoms with Gasteiger partial charge in [0.05, 0.1) is 4.90 Å². The molecule has 124 valence electrons. The van der Waals surface area contributed by atoms with Gasteiger partial charge in [0.25, 0.3) is 0 Å². The lowest BCUT2D eigenvalue weighted by molar-refractivity contribution is 0.383. The molecule has 4 rings (SSSR count). The van der Waals surface area contributed by atoms with Gasteiger partial charge in [-0.15, -0.1) is 15.3 Å². The summed E-state index contributed by atoms with van der Waals surface area (Å²) in [6, 6.07) is 12.3. The number of anilines is 1. The minimum Gasteiger partial charge on any atom is -0.353 e. The van der Waals surface area contributed by atoms with Gasteiger partial charge in [0.1, 0.15) is 12.1 Å². The van der Waals surface area contributed by atoms with Crippen LogP contribution in [0.1, 0.15) is 0 Å². The van der Waals surface area contributed by atoms with Gasteiger partial charge in [0.2, 0.25) is 10.0 Å². The molecule has 0 aliphatic carbocycles. The van der Waals surface area contributed by atoms with Crippen molar-refractivity contribution >= 4 is 21.5 Å². The van der Waals surface area contributed by atoms with E-state index in [1.165, 1.54) is 4.31 Å². The molecule has 0 amide bonds. The number of aromatic nitrogens is 4. The quantitative estimate of drug-likeness (QED) is 0.693. The zero-order chi connectivity index (χ0) is 16.6. The highest BCUT2D eigenvalue weighted by atomic mass is 32.2. The predicted octanol–water partition coefficient (Wildman–Crippen LogP) is 0.635. The van der Waals surface area contributed by atoms with Gasteiger partial charge in [-0.1, -0.05) is 18.2 Å². The molecule has 1 aromatic carbocycles. The molecular formula is C15H16N6O2S. The van der Waals surface area contributed by atoms with Crippen LogP contribution in [0.5, 0.6) is 0 Å². The van der Waals surface area contributed by atoms with Crippen LogP contribution in [0.25, 0.3) is 5.65 Å². The first kappa shape index (κ1) is 15.0. The molecule has 0 atom stereocenters. The summed E-state index contributed by atoms with van der Waals surface area (Å²) in [5.41, 5.74) is 0.684. The van der Waals surface area contributed by atoms with E-state index in [9.17, 15) is 8.42 Å². The monoisotopic (exact) mass is 344 g/mol. The number of rotatable bonds is 3. The summed E-state index contributed by atoms with van der Waals surface area (Å²) in [5, 5.41) is 12.2. The van der Waals surface area contributed by atoms with Crippen LogP contribution in [-0.4, -0.2) is 58.7 Å². The normalized spacial score (nSPS) is 16.6. The summed E-state index contributed by atoms with van der Waals surface area (Å²) in [5.74, 6) is 0.791. The Kier molecular flexibility index (Phi) is 3.66. The Bertz CT molecular complexity index is 948. The summed E-state index contributed by atoms with van der Waals surface area (Å²) in [7, 11) is -3.43. The molecule has 8 nitrogen and oxygen atoms in total. The van der Waals surface area contributed by atoms with Gasteiger partial charge >= 0.3 is 0 Å². The molecule has 0 saturated carbocycles. The van der Waals surface area contributed by atoms with E-state index < -0.39 is 10.0 Å². The van der Waals surface area contributed by atoms with Crippen LogP contribution in [0.3, 0.4) is 0 Å². The molecule has 1 fully saturated rings. The Morgan fingerprint density at radius 1 is 0.917 bits per heavy atom. The van der Waals surface area contributed by atoms with Gasteiger partial charge in [-0.05, 0) is 24.3 Å². The largest absolute Gasteiger partial charge is 0.353 e. The molecule has 2 aromatic heterocycles. The first-order valence-corrected chi connectivity index (χ1v) is 9.06. The summed E-state index contributed by atoms with van der Waals surface area (Å²) in [6.45, 7) is 2.04. The predicted molar refractivity (Wildman–Crippen MR) is 88.2 cm³/mol. The van der Waals surface area contributed by atoms with Crippen molar-refractivity contribution in [3.05, 3.63) is 48.8 Å². The van der Waals surface area contributed by atoms with E-state index in [4.69, 9.17) is 0 Å². The lowest BCUT2D eigenvalue weighted by Crippen LogP contribution is -2.49. The smallest absolute Gasteiger partial charge is 0.243 e. The molecule has 3 heterocycles. The molecule has 0 bridgehead atoms. The average molecular weight is 344 g/mol. The molecule has 3 aromatic rings. The van der Waals surface area contributed by atoms with Gasteiger partial charge in [-0.25, -0.2) is 8.42 Å². The van der Waals surface area contributed by atoms with Crippen LogP contribution >= 0.6 is 0 Å². The van der Waals surface area contributed by atoms with Crippen molar-refractivity contribution in [1.82, 2.24) is 24.1 Å². The summed E-state index contributed by atoms with van der Waals surface area (Å²) >= 11 is 0. The van der Waals surface area contributed by atoms with Crippen molar-refractivity contribution in [2.45, 2.75) is 4.90 Å². The minimum atomic E-state index is -3.43. The van der Waals surface area contributed by atoms with Crippen molar-refractivity contribution in [2.75, 3.05) is 31.1 Å². The van der Waals surface area contributed by atoms with Gasteiger partial charge in [-0.3, -0.25) is 0 Å². The SMILES string of the molecule is O=S(=O)(c1ccccc1)N1CCN(c2ccc3nncn3n2)CC1. The van der Waals surface area contributed by atoms with Crippen LogP contribution in [-0.2, 0) is 10.0 Å². The first-order chi connectivity index (χ1) is 11.6. The number of benzene rings is 1. The second kappa shape index (κ2) is 5.84. The van der Waals surface area contributed by atoms with Gasteiger partial charge in [0.15, 0.2) is 5.65 Å². The maximum absolute atomic E-state index is 12.6. The molecule has 24 heavy (non-hydrogen) atoms. The Labute approximate surface area is 139 Å². The fraction of sp³-hybridized carbons (Fsp3) is 0.267. The highest BCUT2D eigenvalue weighted by Gasteiger charge is 2.28. The molecule has 0 radical (unpaired) electrons. The molecule has 0 spiro atoms. The van der Waals surface area contributed by atoms with Crippen molar-refractivity contribution in [3.63, 3.8) is 0 Å². The Morgan fingerprint density at radius 2 is 1.67 bits per heavy atom. The van der Waals surface area contributed by atoms with E-state index >= 15 is 0 Å². The minimum absolute atomic E-state index is 0.336. The molecular weight excluding hydrogens is 328 g/mol. The van der Waals surface area contributed by atoms with E-state index in [1.807, 2.05) is 18.2 Å². The number of sulfonamides is 1. The molecule has 1 saturated heterocycles. The molecule has 9 heteroatoms. The van der Waals surface area contributed by atoms with Crippen LogP contribution < -0.4 is 4.90 Å². The number of hydrogen-bond acceptors (Lipinski definition) is 6. The number of nitrogens with zero attached hydrogens (tertiary/aromatic N) is 6. The first-order valence-electron chi connectivity index (χ1n) is 7.62. The number of hydrogen-bond donors (Lipinski definition) is 0. The second-order valence-corrected chi connectivity index (χ2v) is 7.47. The zero-order valence-corrected chi connectivity index (χ0v) is 13.7. The fourth-order valence-electron chi connectivity index (χ4n) is 2.79. The molecule has 0 N–H and O–H groups in total. The average Bonchev–Trinajstić information content (AvgIpc) is 3.10. The maximum Gasteiger partial charge on any atom is 0.243 e. The van der Waals surface area contributed by atoms with Crippen LogP contribution in [0.4, 0.5) is 5.82 Å². The van der Waals surface area contributed by atoms with E-state index in [1.54, 1.807) is 35.1 Å². The van der Waals surface area contributed by atoms with E-state index in [-0.39, 0.29) is 0 Å².